The average molecular weight is 402 g/mol. The summed E-state index contributed by atoms with van der Waals surface area (Å²) in [6.45, 7) is 6.72. The van der Waals surface area contributed by atoms with E-state index in [9.17, 15) is 4.79 Å². The second-order valence-electron chi connectivity index (χ2n) is 7.45. The van der Waals surface area contributed by atoms with Gasteiger partial charge in [0, 0.05) is 17.8 Å². The van der Waals surface area contributed by atoms with E-state index < -0.39 is 0 Å². The van der Waals surface area contributed by atoms with Crippen molar-refractivity contribution >= 4 is 28.9 Å². The fraction of sp³-hybridized carbons (Fsp3) is 0.292. The molecule has 0 amide bonds. The molecular formula is C24H26N4O2. The molecular weight excluding hydrogens is 376 g/mol. The molecule has 0 bridgehead atoms. The van der Waals surface area contributed by atoms with Crippen molar-refractivity contribution in [1.29, 1.82) is 0 Å². The third-order valence-electron chi connectivity index (χ3n) is 5.36. The van der Waals surface area contributed by atoms with Gasteiger partial charge in [0.1, 0.15) is 11.6 Å². The van der Waals surface area contributed by atoms with Gasteiger partial charge in [0.05, 0.1) is 17.9 Å². The Morgan fingerprint density at radius 2 is 1.80 bits per heavy atom. The fourth-order valence-electron chi connectivity index (χ4n) is 3.61. The van der Waals surface area contributed by atoms with E-state index in [1.54, 1.807) is 0 Å². The van der Waals surface area contributed by atoms with Crippen LogP contribution in [0.3, 0.4) is 0 Å². The van der Waals surface area contributed by atoms with Gasteiger partial charge < -0.3 is 15.4 Å². The highest BCUT2D eigenvalue weighted by Gasteiger charge is 2.25. The lowest BCUT2D eigenvalue weighted by Gasteiger charge is -2.20. The van der Waals surface area contributed by atoms with Crippen molar-refractivity contribution < 1.29 is 9.53 Å². The summed E-state index contributed by atoms with van der Waals surface area (Å²) >= 11 is 0. The van der Waals surface area contributed by atoms with Gasteiger partial charge in [-0.2, -0.15) is 4.98 Å². The number of nitrogens with one attached hydrogen (secondary N) is 2. The molecule has 1 heterocycles. The van der Waals surface area contributed by atoms with Gasteiger partial charge in [-0.1, -0.05) is 12.1 Å². The van der Waals surface area contributed by atoms with Crippen LogP contribution in [0.4, 0.5) is 23.1 Å². The number of fused-ring (bicyclic) bond motifs is 1. The monoisotopic (exact) mass is 402 g/mol. The Morgan fingerprint density at radius 3 is 2.57 bits per heavy atom. The van der Waals surface area contributed by atoms with Crippen molar-refractivity contribution in [2.24, 2.45) is 0 Å². The summed E-state index contributed by atoms with van der Waals surface area (Å²) < 4.78 is 5.50. The van der Waals surface area contributed by atoms with Crippen molar-refractivity contribution in [3.8, 4) is 5.75 Å². The Balaban J connectivity index is 1.69. The normalized spacial score (nSPS) is 13.0. The molecule has 6 heteroatoms. The van der Waals surface area contributed by atoms with Crippen molar-refractivity contribution in [3.05, 3.63) is 64.8 Å². The molecule has 154 valence electrons. The number of carbonyl (C=O) groups excluding carboxylic acids is 1. The van der Waals surface area contributed by atoms with Gasteiger partial charge in [-0.05, 0) is 75.1 Å². The van der Waals surface area contributed by atoms with E-state index in [1.807, 2.05) is 43.3 Å². The number of hydrogen-bond acceptors (Lipinski definition) is 6. The Bertz CT molecular complexity index is 1080. The first kappa shape index (κ1) is 19.9. The maximum atomic E-state index is 12.7. The molecule has 0 radical (unpaired) electrons. The molecule has 0 saturated heterocycles. The predicted octanol–water partition coefficient (Wildman–Crippen LogP) is 5.50. The van der Waals surface area contributed by atoms with E-state index in [-0.39, 0.29) is 5.78 Å². The third-order valence-corrected chi connectivity index (χ3v) is 5.36. The van der Waals surface area contributed by atoms with Crippen LogP contribution in [0.5, 0.6) is 5.75 Å². The summed E-state index contributed by atoms with van der Waals surface area (Å²) in [7, 11) is 0. The molecule has 1 aromatic heterocycles. The molecule has 0 atom stereocenters. The maximum absolute atomic E-state index is 12.7. The number of nitrogens with zero attached hydrogens (tertiary/aromatic N) is 2. The minimum absolute atomic E-state index is 0.0941. The standard InChI is InChI=1S/C24H26N4O2/c1-4-30-18-13-11-17(12-14-18)25-24-27-20-9-6-10-21(29)22(20)23(28-24)26-19-8-5-7-15(2)16(19)3/h5,7-8,11-14H,4,6,9-10H2,1-3H3,(H2,25,26,27,28). The van der Waals surface area contributed by atoms with Crippen molar-refractivity contribution in [2.45, 2.75) is 40.0 Å². The topological polar surface area (TPSA) is 76.1 Å². The number of anilines is 4. The summed E-state index contributed by atoms with van der Waals surface area (Å²) in [6.07, 6.45) is 2.11. The van der Waals surface area contributed by atoms with E-state index in [0.29, 0.717) is 30.4 Å². The molecule has 0 fully saturated rings. The van der Waals surface area contributed by atoms with E-state index in [2.05, 4.69) is 40.5 Å². The van der Waals surface area contributed by atoms with Crippen LogP contribution in [0.1, 0.15) is 46.9 Å². The van der Waals surface area contributed by atoms with Gasteiger partial charge in [0.25, 0.3) is 0 Å². The summed E-state index contributed by atoms with van der Waals surface area (Å²) in [5, 5.41) is 6.65. The number of ether oxygens (including phenoxy) is 1. The molecule has 6 nitrogen and oxygen atoms in total. The first-order valence-corrected chi connectivity index (χ1v) is 10.3. The average Bonchev–Trinajstić information content (AvgIpc) is 2.73. The van der Waals surface area contributed by atoms with Crippen LogP contribution in [-0.4, -0.2) is 22.4 Å². The van der Waals surface area contributed by atoms with Crippen LogP contribution in [0.25, 0.3) is 0 Å². The quantitative estimate of drug-likeness (QED) is 0.567. The zero-order valence-electron chi connectivity index (χ0n) is 17.6. The van der Waals surface area contributed by atoms with Gasteiger partial charge in [-0.3, -0.25) is 4.79 Å². The Morgan fingerprint density at radius 1 is 1.00 bits per heavy atom. The molecule has 0 aliphatic heterocycles. The van der Waals surface area contributed by atoms with Crippen molar-refractivity contribution in [2.75, 3.05) is 17.2 Å². The zero-order valence-corrected chi connectivity index (χ0v) is 17.6. The van der Waals surface area contributed by atoms with Crippen LogP contribution in [-0.2, 0) is 6.42 Å². The Hall–Kier alpha value is -3.41. The highest BCUT2D eigenvalue weighted by molar-refractivity contribution is 6.03. The SMILES string of the molecule is CCOc1ccc(Nc2nc3c(c(Nc4cccc(C)c4C)n2)C(=O)CCC3)cc1. The van der Waals surface area contributed by atoms with E-state index in [1.165, 1.54) is 5.56 Å². The predicted molar refractivity (Wildman–Crippen MR) is 119 cm³/mol. The number of ketones is 1. The van der Waals surface area contributed by atoms with E-state index >= 15 is 0 Å². The maximum Gasteiger partial charge on any atom is 0.229 e. The van der Waals surface area contributed by atoms with Crippen LogP contribution in [0.2, 0.25) is 0 Å². The lowest BCUT2D eigenvalue weighted by atomic mass is 9.95. The Kier molecular flexibility index (Phi) is 5.65. The Labute approximate surface area is 176 Å². The number of rotatable bonds is 6. The number of aromatic nitrogens is 2. The second-order valence-corrected chi connectivity index (χ2v) is 7.45. The molecule has 0 spiro atoms. The number of carbonyl (C=O) groups is 1. The first-order chi connectivity index (χ1) is 14.5. The molecule has 1 aliphatic rings. The summed E-state index contributed by atoms with van der Waals surface area (Å²) in [6, 6.07) is 13.7. The molecule has 2 N–H and O–H groups in total. The molecule has 2 aromatic carbocycles. The number of Topliss-reactive ketones (excluding diaryl/α,β-unsaturated/α-hetero) is 1. The number of benzene rings is 2. The number of hydrogen-bond donors (Lipinski definition) is 2. The highest BCUT2D eigenvalue weighted by atomic mass is 16.5. The summed E-state index contributed by atoms with van der Waals surface area (Å²) in [5.74, 6) is 1.95. The molecule has 30 heavy (non-hydrogen) atoms. The second kappa shape index (κ2) is 8.53. The summed E-state index contributed by atoms with van der Waals surface area (Å²) in [5.41, 5.74) is 5.53. The minimum Gasteiger partial charge on any atom is -0.494 e. The highest BCUT2D eigenvalue weighted by Crippen LogP contribution is 2.31. The van der Waals surface area contributed by atoms with Gasteiger partial charge in [0.2, 0.25) is 5.95 Å². The third kappa shape index (κ3) is 4.13. The smallest absolute Gasteiger partial charge is 0.229 e. The van der Waals surface area contributed by atoms with Crippen LogP contribution in [0.15, 0.2) is 42.5 Å². The first-order valence-electron chi connectivity index (χ1n) is 10.3. The molecule has 0 unspecified atom stereocenters. The minimum atomic E-state index is 0.0941. The van der Waals surface area contributed by atoms with Crippen LogP contribution in [0, 0.1) is 13.8 Å². The summed E-state index contributed by atoms with van der Waals surface area (Å²) in [4.78, 5) is 22.0. The van der Waals surface area contributed by atoms with Gasteiger partial charge in [0.15, 0.2) is 5.78 Å². The fourth-order valence-corrected chi connectivity index (χ4v) is 3.61. The molecule has 0 saturated carbocycles. The van der Waals surface area contributed by atoms with Crippen LogP contribution >= 0.6 is 0 Å². The number of aryl methyl sites for hydroxylation is 2. The van der Waals surface area contributed by atoms with Crippen molar-refractivity contribution in [3.63, 3.8) is 0 Å². The largest absolute Gasteiger partial charge is 0.494 e. The zero-order chi connectivity index (χ0) is 21.1. The molecule has 3 aromatic rings. The van der Waals surface area contributed by atoms with Crippen LogP contribution < -0.4 is 15.4 Å². The van der Waals surface area contributed by atoms with Gasteiger partial charge >= 0.3 is 0 Å². The van der Waals surface area contributed by atoms with E-state index in [0.717, 1.165) is 41.2 Å². The van der Waals surface area contributed by atoms with Gasteiger partial charge in [-0.25, -0.2) is 4.98 Å². The lowest BCUT2D eigenvalue weighted by Crippen LogP contribution is -2.18. The molecule has 1 aliphatic carbocycles. The molecule has 4 rings (SSSR count). The van der Waals surface area contributed by atoms with Gasteiger partial charge in [-0.15, -0.1) is 0 Å². The lowest BCUT2D eigenvalue weighted by molar-refractivity contribution is 0.0972. The van der Waals surface area contributed by atoms with E-state index in [4.69, 9.17) is 4.74 Å². The van der Waals surface area contributed by atoms with Crippen molar-refractivity contribution in [1.82, 2.24) is 9.97 Å².